The molecule has 0 saturated heterocycles. The van der Waals surface area contributed by atoms with Crippen molar-refractivity contribution in [1.82, 2.24) is 5.48 Å². The van der Waals surface area contributed by atoms with Crippen molar-refractivity contribution < 1.29 is 9.63 Å². The van der Waals surface area contributed by atoms with E-state index in [0.717, 1.165) is 16.3 Å². The molecule has 1 amide bonds. The van der Waals surface area contributed by atoms with Gasteiger partial charge in [0.15, 0.2) is 0 Å². The van der Waals surface area contributed by atoms with E-state index < -0.39 is 0 Å². The van der Waals surface area contributed by atoms with E-state index in [0.29, 0.717) is 0 Å². The van der Waals surface area contributed by atoms with Crippen molar-refractivity contribution in [3.63, 3.8) is 0 Å². The first-order valence-electron chi connectivity index (χ1n) is 5.30. The molecule has 17 heavy (non-hydrogen) atoms. The van der Waals surface area contributed by atoms with E-state index in [4.69, 9.17) is 0 Å². The molecule has 2 aromatic rings. The molecule has 0 radical (unpaired) electrons. The molecule has 3 heteroatoms. The van der Waals surface area contributed by atoms with Crippen LogP contribution in [0.2, 0.25) is 0 Å². The Morgan fingerprint density at radius 3 is 2.76 bits per heavy atom. The zero-order valence-corrected chi connectivity index (χ0v) is 9.51. The average molecular weight is 227 g/mol. The lowest BCUT2D eigenvalue weighted by molar-refractivity contribution is -0.126. The number of carbonyl (C=O) groups is 1. The number of rotatable bonds is 3. The zero-order chi connectivity index (χ0) is 12.1. The quantitative estimate of drug-likeness (QED) is 0.646. The van der Waals surface area contributed by atoms with Gasteiger partial charge in [0.05, 0.1) is 7.11 Å². The maximum Gasteiger partial charge on any atom is 0.267 e. The summed E-state index contributed by atoms with van der Waals surface area (Å²) in [7, 11) is 1.41. The number of benzene rings is 2. The van der Waals surface area contributed by atoms with E-state index in [1.165, 1.54) is 13.2 Å². The molecule has 0 aromatic heterocycles. The van der Waals surface area contributed by atoms with Crippen LogP contribution < -0.4 is 5.48 Å². The molecule has 0 saturated carbocycles. The van der Waals surface area contributed by atoms with E-state index in [2.05, 4.69) is 10.3 Å². The lowest BCUT2D eigenvalue weighted by Gasteiger charge is -2.01. The molecule has 0 spiro atoms. The summed E-state index contributed by atoms with van der Waals surface area (Å²) in [6.45, 7) is 0. The van der Waals surface area contributed by atoms with Crippen molar-refractivity contribution >= 4 is 22.8 Å². The summed E-state index contributed by atoms with van der Waals surface area (Å²) in [6, 6.07) is 14.0. The third-order valence-corrected chi connectivity index (χ3v) is 2.44. The SMILES string of the molecule is CONC(=O)C=Cc1cccc2ccccc12. The Balaban J connectivity index is 2.33. The van der Waals surface area contributed by atoms with Gasteiger partial charge in [-0.05, 0) is 22.4 Å². The molecule has 2 aromatic carbocycles. The highest BCUT2D eigenvalue weighted by atomic mass is 16.6. The standard InChI is InChI=1S/C14H13NO2/c1-17-15-14(16)10-9-12-7-4-6-11-5-2-3-8-13(11)12/h2-10H,1H3,(H,15,16). The van der Waals surface area contributed by atoms with Crippen LogP contribution in [-0.2, 0) is 9.63 Å². The van der Waals surface area contributed by atoms with Crippen LogP contribution in [0.4, 0.5) is 0 Å². The van der Waals surface area contributed by atoms with Gasteiger partial charge in [-0.2, -0.15) is 0 Å². The van der Waals surface area contributed by atoms with E-state index >= 15 is 0 Å². The minimum atomic E-state index is -0.277. The van der Waals surface area contributed by atoms with Gasteiger partial charge >= 0.3 is 0 Å². The van der Waals surface area contributed by atoms with E-state index in [-0.39, 0.29) is 5.91 Å². The summed E-state index contributed by atoms with van der Waals surface area (Å²) in [5.41, 5.74) is 3.25. The van der Waals surface area contributed by atoms with Gasteiger partial charge in [0, 0.05) is 6.08 Å². The number of hydrogen-bond acceptors (Lipinski definition) is 2. The van der Waals surface area contributed by atoms with Crippen molar-refractivity contribution in [2.45, 2.75) is 0 Å². The highest BCUT2D eigenvalue weighted by Crippen LogP contribution is 2.19. The van der Waals surface area contributed by atoms with Crippen molar-refractivity contribution in [3.8, 4) is 0 Å². The number of hydroxylamine groups is 1. The largest absolute Gasteiger partial charge is 0.277 e. The normalized spacial score (nSPS) is 10.9. The molecular formula is C14H13NO2. The zero-order valence-electron chi connectivity index (χ0n) is 9.51. The molecule has 2 rings (SSSR count). The highest BCUT2D eigenvalue weighted by molar-refractivity contribution is 5.96. The summed E-state index contributed by atoms with van der Waals surface area (Å²) < 4.78 is 0. The van der Waals surface area contributed by atoms with Crippen molar-refractivity contribution in [1.29, 1.82) is 0 Å². The number of nitrogens with one attached hydrogen (secondary N) is 1. The molecule has 0 aliphatic rings. The van der Waals surface area contributed by atoms with Crippen LogP contribution in [0, 0.1) is 0 Å². The lowest BCUT2D eigenvalue weighted by Crippen LogP contribution is -2.18. The summed E-state index contributed by atoms with van der Waals surface area (Å²) >= 11 is 0. The van der Waals surface area contributed by atoms with Gasteiger partial charge in [-0.3, -0.25) is 9.63 Å². The van der Waals surface area contributed by atoms with Crippen LogP contribution in [0.3, 0.4) is 0 Å². The molecule has 0 heterocycles. The Hall–Kier alpha value is -2.13. The molecular weight excluding hydrogens is 214 g/mol. The number of carbonyl (C=O) groups excluding carboxylic acids is 1. The molecule has 3 nitrogen and oxygen atoms in total. The Kier molecular flexibility index (Phi) is 3.52. The highest BCUT2D eigenvalue weighted by Gasteiger charge is 1.97. The van der Waals surface area contributed by atoms with Crippen LogP contribution >= 0.6 is 0 Å². The van der Waals surface area contributed by atoms with Gasteiger partial charge in [0.1, 0.15) is 0 Å². The minimum absolute atomic E-state index is 0.277. The van der Waals surface area contributed by atoms with Crippen molar-refractivity contribution in [3.05, 3.63) is 54.1 Å². The molecule has 1 N–H and O–H groups in total. The first-order valence-corrected chi connectivity index (χ1v) is 5.30. The summed E-state index contributed by atoms with van der Waals surface area (Å²) in [6.07, 6.45) is 3.22. The monoisotopic (exact) mass is 227 g/mol. The third-order valence-electron chi connectivity index (χ3n) is 2.44. The average Bonchev–Trinajstić information content (AvgIpc) is 2.36. The minimum Gasteiger partial charge on any atom is -0.277 e. The second-order valence-corrected chi connectivity index (χ2v) is 3.57. The Morgan fingerprint density at radius 2 is 1.94 bits per heavy atom. The molecule has 0 fully saturated rings. The Bertz CT molecular complexity index is 556. The van der Waals surface area contributed by atoms with E-state index in [1.807, 2.05) is 42.5 Å². The van der Waals surface area contributed by atoms with E-state index in [9.17, 15) is 4.79 Å². The van der Waals surface area contributed by atoms with Crippen LogP contribution in [0.15, 0.2) is 48.5 Å². The van der Waals surface area contributed by atoms with Gasteiger partial charge in [0.2, 0.25) is 0 Å². The molecule has 0 atom stereocenters. The van der Waals surface area contributed by atoms with Gasteiger partial charge < -0.3 is 0 Å². The van der Waals surface area contributed by atoms with Crippen LogP contribution in [-0.4, -0.2) is 13.0 Å². The number of amides is 1. The van der Waals surface area contributed by atoms with Crippen molar-refractivity contribution in [2.75, 3.05) is 7.11 Å². The van der Waals surface area contributed by atoms with E-state index in [1.54, 1.807) is 6.08 Å². The fraction of sp³-hybridized carbons (Fsp3) is 0.0714. The fourth-order valence-electron chi connectivity index (χ4n) is 1.70. The van der Waals surface area contributed by atoms with Crippen molar-refractivity contribution in [2.24, 2.45) is 0 Å². The smallest absolute Gasteiger partial charge is 0.267 e. The molecule has 86 valence electrons. The number of hydrogen-bond donors (Lipinski definition) is 1. The first-order chi connectivity index (χ1) is 8.31. The first kappa shape index (κ1) is 11.4. The molecule has 0 aliphatic carbocycles. The summed E-state index contributed by atoms with van der Waals surface area (Å²) in [5.74, 6) is -0.277. The number of fused-ring (bicyclic) bond motifs is 1. The Morgan fingerprint density at radius 1 is 1.18 bits per heavy atom. The van der Waals surface area contributed by atoms with Crippen LogP contribution in [0.1, 0.15) is 5.56 Å². The van der Waals surface area contributed by atoms with Crippen LogP contribution in [0.5, 0.6) is 0 Å². The van der Waals surface area contributed by atoms with Gasteiger partial charge in [-0.1, -0.05) is 42.5 Å². The second kappa shape index (κ2) is 5.27. The predicted molar refractivity (Wildman–Crippen MR) is 68.1 cm³/mol. The van der Waals surface area contributed by atoms with Gasteiger partial charge in [0.25, 0.3) is 5.91 Å². The third kappa shape index (κ3) is 2.71. The van der Waals surface area contributed by atoms with Gasteiger partial charge in [-0.25, -0.2) is 5.48 Å². The predicted octanol–water partition coefficient (Wildman–Crippen LogP) is 2.53. The molecule has 0 bridgehead atoms. The summed E-state index contributed by atoms with van der Waals surface area (Å²) in [4.78, 5) is 15.8. The maximum atomic E-state index is 11.2. The molecule has 0 aliphatic heterocycles. The maximum absolute atomic E-state index is 11.2. The second-order valence-electron chi connectivity index (χ2n) is 3.57. The Labute approximate surface area is 99.7 Å². The lowest BCUT2D eigenvalue weighted by atomic mass is 10.0. The molecule has 0 unspecified atom stereocenters. The fourth-order valence-corrected chi connectivity index (χ4v) is 1.70. The topological polar surface area (TPSA) is 38.3 Å². The van der Waals surface area contributed by atoms with Gasteiger partial charge in [-0.15, -0.1) is 0 Å². The van der Waals surface area contributed by atoms with Crippen LogP contribution in [0.25, 0.3) is 16.8 Å². The summed E-state index contributed by atoms with van der Waals surface area (Å²) in [5, 5.41) is 2.28.